The number of hydrogen-bond acceptors (Lipinski definition) is 16. The fourth-order valence-electron chi connectivity index (χ4n) is 7.73. The van der Waals surface area contributed by atoms with Crippen LogP contribution in [0.5, 0.6) is 11.5 Å². The molecule has 12 heterocycles. The first-order valence-corrected chi connectivity index (χ1v) is 25.6. The summed E-state index contributed by atoms with van der Waals surface area (Å²) in [4.78, 5) is 53.4. The standard InChI is InChI=1S/C19H15N5OS2.C18H12F3N5O.C17H12BrN5.CH4/c1-12-6-7-13(10-21-12)24-17-16(9-14(11-22-17)25-19(26)27-2)23-18(24)15-5-3-4-8-20-15;1-11-5-6-12(9-23-11)26-16-15(8-13(10-24-16)27-18(19,20)21)25-17(26)14-4-2-3-7-22-14;1-11-5-6-13(10-20-11)23-16-15(8-12(18)9-21-16)22-17(23)14-4-2-3-7-19-14;/h3-11H,1-2H3;2-10H,1H3;2-10H,1H3;1H4. The molecular formula is C55H43BrF3N15O2S2. The van der Waals surface area contributed by atoms with Gasteiger partial charge in [0.25, 0.3) is 0 Å². The van der Waals surface area contributed by atoms with Crippen molar-refractivity contribution < 1.29 is 22.6 Å². The second-order valence-corrected chi connectivity index (χ2v) is 18.9. The monoisotopic (exact) mass is 1150 g/mol. The number of thiocarbonyl (C=S) groups is 1. The molecule has 0 aromatic carbocycles. The van der Waals surface area contributed by atoms with Gasteiger partial charge in [-0.05, 0) is 134 Å². The second-order valence-electron chi connectivity index (χ2n) is 16.6. The van der Waals surface area contributed by atoms with E-state index in [4.69, 9.17) is 26.9 Å². The minimum atomic E-state index is -4.80. The lowest BCUT2D eigenvalue weighted by Crippen LogP contribution is -2.17. The Morgan fingerprint density at radius 1 is 0.500 bits per heavy atom. The van der Waals surface area contributed by atoms with E-state index in [0.29, 0.717) is 50.0 Å². The normalized spacial score (nSPS) is 11.1. The van der Waals surface area contributed by atoms with Crippen LogP contribution in [0, 0.1) is 20.8 Å². The summed E-state index contributed by atoms with van der Waals surface area (Å²) < 4.78 is 54.0. The fraction of sp³-hybridized carbons (Fsp3) is 0.109. The van der Waals surface area contributed by atoms with E-state index in [1.807, 2.05) is 127 Å². The number of halogens is 4. The molecule has 0 radical (unpaired) electrons. The van der Waals surface area contributed by atoms with Crippen molar-refractivity contribution in [1.29, 1.82) is 0 Å². The van der Waals surface area contributed by atoms with Gasteiger partial charge >= 0.3 is 6.36 Å². The van der Waals surface area contributed by atoms with E-state index >= 15 is 0 Å². The van der Waals surface area contributed by atoms with E-state index < -0.39 is 12.1 Å². The number of imidazole rings is 3. The van der Waals surface area contributed by atoms with Crippen LogP contribution in [0.2, 0.25) is 0 Å². The van der Waals surface area contributed by atoms with Crippen LogP contribution in [-0.4, -0.2) is 90.5 Å². The number of hydrogen-bond donors (Lipinski definition) is 0. The van der Waals surface area contributed by atoms with Gasteiger partial charge in [-0.25, -0.2) is 29.9 Å². The van der Waals surface area contributed by atoms with Gasteiger partial charge in [0.1, 0.15) is 45.1 Å². The molecule has 0 saturated carbocycles. The molecule has 0 aliphatic heterocycles. The molecule has 0 bridgehead atoms. The van der Waals surface area contributed by atoms with Crippen molar-refractivity contribution in [2.45, 2.75) is 34.6 Å². The average Bonchev–Trinajstić information content (AvgIpc) is 4.33. The Hall–Kier alpha value is -8.93. The van der Waals surface area contributed by atoms with E-state index in [2.05, 4.69) is 70.5 Å². The van der Waals surface area contributed by atoms with E-state index in [1.165, 1.54) is 17.8 Å². The van der Waals surface area contributed by atoms with Crippen molar-refractivity contribution in [3.8, 4) is 63.1 Å². The number of alkyl halides is 3. The van der Waals surface area contributed by atoms with Crippen LogP contribution in [-0.2, 0) is 0 Å². The predicted molar refractivity (Wildman–Crippen MR) is 302 cm³/mol. The Kier molecular flexibility index (Phi) is 16.3. The molecule has 12 rings (SSSR count). The fourth-order valence-corrected chi connectivity index (χ4v) is 8.32. The first kappa shape index (κ1) is 53.9. The largest absolute Gasteiger partial charge is 0.573 e. The average molecular weight is 1150 g/mol. The highest BCUT2D eigenvalue weighted by Crippen LogP contribution is 2.32. The summed E-state index contributed by atoms with van der Waals surface area (Å²) in [6.07, 6.45) is 11.9. The second kappa shape index (κ2) is 23.5. The summed E-state index contributed by atoms with van der Waals surface area (Å²) in [5.74, 6) is 1.99. The van der Waals surface area contributed by atoms with Gasteiger partial charge in [0.2, 0.25) is 4.38 Å². The minimum absolute atomic E-state index is 0. The van der Waals surface area contributed by atoms with Crippen molar-refractivity contribution in [2.24, 2.45) is 0 Å². The number of ether oxygens (including phenoxy) is 2. The third-order valence-corrected chi connectivity index (χ3v) is 12.6. The highest BCUT2D eigenvalue weighted by Gasteiger charge is 2.32. The molecule has 23 heteroatoms. The SMILES string of the molecule is C.CSC(=S)Oc1cnc2c(c1)nc(-c1ccccn1)n2-c1ccc(C)nc1.Cc1ccc(-n2c(-c3ccccn3)nc3cc(Br)cnc32)cn1.Cc1ccc(-n2c(-c3ccccn3)nc3cc(OC(F)(F)F)cnc32)cn1. The van der Waals surface area contributed by atoms with E-state index in [-0.39, 0.29) is 12.9 Å². The zero-order valence-electron chi connectivity index (χ0n) is 40.9. The first-order chi connectivity index (χ1) is 37.3. The number of pyridine rings is 9. The van der Waals surface area contributed by atoms with Gasteiger partial charge in [-0.15, -0.1) is 13.2 Å². The van der Waals surface area contributed by atoms with Crippen molar-refractivity contribution in [3.63, 3.8) is 0 Å². The highest BCUT2D eigenvalue weighted by molar-refractivity contribution is 9.10. The van der Waals surface area contributed by atoms with Gasteiger partial charge in [-0.2, -0.15) is 0 Å². The van der Waals surface area contributed by atoms with Crippen LogP contribution in [0.4, 0.5) is 13.2 Å². The third kappa shape index (κ3) is 12.2. The zero-order chi connectivity index (χ0) is 53.6. The molecule has 17 nitrogen and oxygen atoms in total. The molecule has 12 aromatic heterocycles. The van der Waals surface area contributed by atoms with Gasteiger partial charge in [-0.1, -0.05) is 37.4 Å². The van der Waals surface area contributed by atoms with Crippen LogP contribution in [0.25, 0.3) is 85.1 Å². The molecule has 0 saturated heterocycles. The number of fused-ring (bicyclic) bond motifs is 3. The van der Waals surface area contributed by atoms with Crippen LogP contribution in [0.3, 0.4) is 0 Å². The number of thioether (sulfide) groups is 1. The quantitative estimate of drug-likeness (QED) is 0.131. The summed E-state index contributed by atoms with van der Waals surface area (Å²) in [6, 6.07) is 33.4. The molecule has 0 aliphatic carbocycles. The molecule has 0 aliphatic rings. The lowest BCUT2D eigenvalue weighted by atomic mass is 10.3. The van der Waals surface area contributed by atoms with Gasteiger partial charge in [0, 0.05) is 58.5 Å². The Morgan fingerprint density at radius 3 is 1.24 bits per heavy atom. The van der Waals surface area contributed by atoms with E-state index in [1.54, 1.807) is 66.1 Å². The molecule has 0 unspecified atom stereocenters. The summed E-state index contributed by atoms with van der Waals surface area (Å²) in [5.41, 5.74) is 10.9. The van der Waals surface area contributed by atoms with Crippen LogP contribution < -0.4 is 9.47 Å². The zero-order valence-corrected chi connectivity index (χ0v) is 44.2. The summed E-state index contributed by atoms with van der Waals surface area (Å²) in [5, 5.41) is 0. The Bertz CT molecular complexity index is 4020. The van der Waals surface area contributed by atoms with Gasteiger partial charge in [0.05, 0.1) is 48.0 Å². The predicted octanol–water partition coefficient (Wildman–Crippen LogP) is 12.9. The Morgan fingerprint density at radius 2 is 0.885 bits per heavy atom. The number of aryl methyl sites for hydroxylation is 3. The summed E-state index contributed by atoms with van der Waals surface area (Å²) in [7, 11) is 0. The first-order valence-electron chi connectivity index (χ1n) is 23.1. The topological polar surface area (TPSA) is 188 Å². The molecule has 0 spiro atoms. The molecule has 0 atom stereocenters. The minimum Gasteiger partial charge on any atom is -0.438 e. The van der Waals surface area contributed by atoms with Gasteiger partial charge in [-0.3, -0.25) is 43.6 Å². The molecule has 0 fully saturated rings. The Balaban J connectivity index is 0.000000142. The maximum absolute atomic E-state index is 12.5. The number of rotatable bonds is 8. The number of nitrogens with zero attached hydrogens (tertiary/aromatic N) is 15. The Labute approximate surface area is 461 Å². The van der Waals surface area contributed by atoms with Crippen molar-refractivity contribution in [1.82, 2.24) is 73.5 Å². The van der Waals surface area contributed by atoms with Crippen molar-refractivity contribution >= 4 is 77.8 Å². The molecule has 12 aromatic rings. The van der Waals surface area contributed by atoms with Crippen LogP contribution in [0.15, 0.2) is 169 Å². The molecular weight excluding hydrogens is 1100 g/mol. The smallest absolute Gasteiger partial charge is 0.438 e. The molecule has 0 amide bonds. The van der Waals surface area contributed by atoms with Crippen molar-refractivity contribution in [2.75, 3.05) is 6.26 Å². The number of aromatic nitrogens is 15. The molecule has 390 valence electrons. The maximum atomic E-state index is 12.5. The lowest BCUT2D eigenvalue weighted by molar-refractivity contribution is -0.274. The molecule has 0 N–H and O–H groups in total. The van der Waals surface area contributed by atoms with Gasteiger partial charge < -0.3 is 9.47 Å². The van der Waals surface area contributed by atoms with Crippen molar-refractivity contribution in [3.05, 3.63) is 187 Å². The highest BCUT2D eigenvalue weighted by atomic mass is 79.9. The maximum Gasteiger partial charge on any atom is 0.573 e. The van der Waals surface area contributed by atoms with E-state index in [0.717, 1.165) is 67.5 Å². The lowest BCUT2D eigenvalue weighted by Gasteiger charge is -2.09. The van der Waals surface area contributed by atoms with Crippen LogP contribution >= 0.6 is 39.9 Å². The third-order valence-electron chi connectivity index (χ3n) is 11.2. The van der Waals surface area contributed by atoms with Crippen LogP contribution in [0.1, 0.15) is 24.5 Å². The summed E-state index contributed by atoms with van der Waals surface area (Å²) in [6.45, 7) is 5.77. The summed E-state index contributed by atoms with van der Waals surface area (Å²) >= 11 is 9.94. The van der Waals surface area contributed by atoms with Gasteiger partial charge in [0.15, 0.2) is 34.4 Å². The van der Waals surface area contributed by atoms with E-state index in [9.17, 15) is 13.2 Å². The molecule has 78 heavy (non-hydrogen) atoms.